The van der Waals surface area contributed by atoms with Crippen LogP contribution in [0.3, 0.4) is 0 Å². The molecule has 7 heteroatoms. The minimum absolute atomic E-state index is 0.0952. The first kappa shape index (κ1) is 13.3. The molecule has 1 aliphatic heterocycles. The molecular formula is C12H7FNO4S-. The molecule has 0 spiro atoms. The summed E-state index contributed by atoms with van der Waals surface area (Å²) in [4.78, 5) is 34.3. The van der Waals surface area contributed by atoms with E-state index in [2.05, 4.69) is 0 Å². The van der Waals surface area contributed by atoms with E-state index in [4.69, 9.17) is 0 Å². The van der Waals surface area contributed by atoms with Crippen molar-refractivity contribution in [3.05, 3.63) is 40.6 Å². The van der Waals surface area contributed by atoms with Gasteiger partial charge in [0.25, 0.3) is 11.1 Å². The predicted octanol–water partition coefficient (Wildman–Crippen LogP) is 0.612. The maximum absolute atomic E-state index is 12.7. The van der Waals surface area contributed by atoms with E-state index < -0.39 is 29.5 Å². The number of aliphatic carboxylic acids is 1. The first-order chi connectivity index (χ1) is 8.97. The molecular weight excluding hydrogens is 273 g/mol. The molecule has 1 aromatic carbocycles. The molecule has 0 unspecified atom stereocenters. The molecule has 0 aliphatic carbocycles. The second kappa shape index (κ2) is 5.23. The zero-order valence-electron chi connectivity index (χ0n) is 9.46. The van der Waals surface area contributed by atoms with Gasteiger partial charge >= 0.3 is 0 Å². The first-order valence-electron chi connectivity index (χ1n) is 5.18. The number of carboxylic acids is 1. The van der Waals surface area contributed by atoms with Crippen molar-refractivity contribution in [2.45, 2.75) is 0 Å². The number of carbonyl (C=O) groups is 3. The molecule has 0 N–H and O–H groups in total. The summed E-state index contributed by atoms with van der Waals surface area (Å²) in [5.41, 5.74) is 0.542. The average Bonchev–Trinajstić information content (AvgIpc) is 2.60. The molecule has 1 saturated heterocycles. The van der Waals surface area contributed by atoms with Crippen LogP contribution in [0.1, 0.15) is 5.56 Å². The minimum Gasteiger partial charge on any atom is -0.548 e. The average molecular weight is 280 g/mol. The Morgan fingerprint density at radius 3 is 2.53 bits per heavy atom. The lowest BCUT2D eigenvalue weighted by molar-refractivity contribution is -0.305. The van der Waals surface area contributed by atoms with Gasteiger partial charge in [-0.25, -0.2) is 4.39 Å². The van der Waals surface area contributed by atoms with E-state index in [1.54, 1.807) is 0 Å². The molecule has 2 amide bonds. The monoisotopic (exact) mass is 280 g/mol. The van der Waals surface area contributed by atoms with Crippen molar-refractivity contribution in [3.8, 4) is 0 Å². The van der Waals surface area contributed by atoms with Gasteiger partial charge in [0.05, 0.1) is 17.4 Å². The van der Waals surface area contributed by atoms with E-state index >= 15 is 0 Å². The molecule has 98 valence electrons. The summed E-state index contributed by atoms with van der Waals surface area (Å²) in [7, 11) is 0. The lowest BCUT2D eigenvalue weighted by Gasteiger charge is -2.12. The SMILES string of the molecule is O=C([O-])CN1C(=O)S/C(=C/c2ccc(F)cc2)C1=O. The molecule has 0 atom stereocenters. The molecule has 0 saturated carbocycles. The summed E-state index contributed by atoms with van der Waals surface area (Å²) in [6.07, 6.45) is 1.40. The Hall–Kier alpha value is -2.15. The topological polar surface area (TPSA) is 77.5 Å². The summed E-state index contributed by atoms with van der Waals surface area (Å²) in [6.45, 7) is -0.772. The number of hydrogen-bond acceptors (Lipinski definition) is 5. The van der Waals surface area contributed by atoms with Gasteiger partial charge in [0.2, 0.25) is 0 Å². The number of thioether (sulfide) groups is 1. The second-order valence-electron chi connectivity index (χ2n) is 3.69. The van der Waals surface area contributed by atoms with Crippen molar-refractivity contribution in [2.24, 2.45) is 0 Å². The molecule has 5 nitrogen and oxygen atoms in total. The van der Waals surface area contributed by atoms with E-state index in [1.165, 1.54) is 30.3 Å². The largest absolute Gasteiger partial charge is 0.548 e. The third-order valence-electron chi connectivity index (χ3n) is 2.33. The van der Waals surface area contributed by atoms with Crippen molar-refractivity contribution in [2.75, 3.05) is 6.54 Å². The fourth-order valence-corrected chi connectivity index (χ4v) is 2.31. The molecule has 0 radical (unpaired) electrons. The maximum atomic E-state index is 12.7. The summed E-state index contributed by atoms with van der Waals surface area (Å²) in [6, 6.07) is 5.33. The van der Waals surface area contributed by atoms with Crippen LogP contribution in [0.5, 0.6) is 0 Å². The van der Waals surface area contributed by atoms with Gasteiger partial charge in [-0.2, -0.15) is 0 Å². The van der Waals surface area contributed by atoms with Crippen LogP contribution in [0.15, 0.2) is 29.2 Å². The van der Waals surface area contributed by atoms with Crippen LogP contribution in [-0.2, 0) is 9.59 Å². The molecule has 1 aliphatic rings. The fraction of sp³-hybridized carbons (Fsp3) is 0.0833. The van der Waals surface area contributed by atoms with Gasteiger partial charge < -0.3 is 9.90 Å². The van der Waals surface area contributed by atoms with Crippen LogP contribution < -0.4 is 5.11 Å². The van der Waals surface area contributed by atoms with Crippen LogP contribution >= 0.6 is 11.8 Å². The predicted molar refractivity (Wildman–Crippen MR) is 64.1 cm³/mol. The van der Waals surface area contributed by atoms with Crippen molar-refractivity contribution >= 4 is 35.0 Å². The molecule has 1 heterocycles. The van der Waals surface area contributed by atoms with Gasteiger partial charge in [-0.05, 0) is 35.5 Å². The van der Waals surface area contributed by atoms with Crippen molar-refractivity contribution in [1.82, 2.24) is 4.90 Å². The van der Waals surface area contributed by atoms with Crippen LogP contribution in [0.2, 0.25) is 0 Å². The maximum Gasteiger partial charge on any atom is 0.293 e. The van der Waals surface area contributed by atoms with E-state index in [0.29, 0.717) is 22.2 Å². The molecule has 0 aromatic heterocycles. The summed E-state index contributed by atoms with van der Waals surface area (Å²) in [5, 5.41) is 9.76. The quantitative estimate of drug-likeness (QED) is 0.758. The van der Waals surface area contributed by atoms with Crippen LogP contribution in [-0.4, -0.2) is 28.6 Å². The summed E-state index contributed by atoms with van der Waals surface area (Å²) < 4.78 is 12.7. The third-order valence-corrected chi connectivity index (χ3v) is 3.24. The van der Waals surface area contributed by atoms with E-state index in [0.717, 1.165) is 0 Å². The lowest BCUT2D eigenvalue weighted by atomic mass is 10.2. The second-order valence-corrected chi connectivity index (χ2v) is 4.68. The summed E-state index contributed by atoms with van der Waals surface area (Å²) in [5.74, 6) is -2.61. The number of carbonyl (C=O) groups excluding carboxylic acids is 3. The number of hydrogen-bond donors (Lipinski definition) is 0. The number of imide groups is 1. The number of amides is 2. The van der Waals surface area contributed by atoms with Gasteiger partial charge in [0.15, 0.2) is 0 Å². The van der Waals surface area contributed by atoms with Crippen LogP contribution in [0, 0.1) is 5.82 Å². The minimum atomic E-state index is -1.51. The fourth-order valence-electron chi connectivity index (χ4n) is 1.48. The lowest BCUT2D eigenvalue weighted by Crippen LogP contribution is -2.40. The molecule has 0 bridgehead atoms. The van der Waals surface area contributed by atoms with Gasteiger partial charge in [-0.15, -0.1) is 0 Å². The Bertz CT molecular complexity index is 582. The van der Waals surface area contributed by atoms with E-state index in [1.807, 2.05) is 0 Å². The highest BCUT2D eigenvalue weighted by Gasteiger charge is 2.34. The van der Waals surface area contributed by atoms with Crippen molar-refractivity contribution in [3.63, 3.8) is 0 Å². The third kappa shape index (κ3) is 3.00. The molecule has 1 fully saturated rings. The van der Waals surface area contributed by atoms with Crippen LogP contribution in [0.4, 0.5) is 9.18 Å². The molecule has 19 heavy (non-hydrogen) atoms. The number of benzene rings is 1. The standard InChI is InChI=1S/C12H8FNO4S/c13-8-3-1-7(2-4-8)5-9-11(17)14(6-10(15)16)12(18)19-9/h1-5H,6H2,(H,15,16)/p-1/b9-5+. The number of halogens is 1. The van der Waals surface area contributed by atoms with E-state index in [-0.39, 0.29) is 4.91 Å². The Balaban J connectivity index is 2.23. The van der Waals surface area contributed by atoms with E-state index in [9.17, 15) is 23.9 Å². The zero-order chi connectivity index (χ0) is 14.0. The summed E-state index contributed by atoms with van der Waals surface area (Å²) >= 11 is 0.636. The Kier molecular flexibility index (Phi) is 3.66. The Morgan fingerprint density at radius 2 is 1.95 bits per heavy atom. The zero-order valence-corrected chi connectivity index (χ0v) is 10.3. The highest BCUT2D eigenvalue weighted by molar-refractivity contribution is 8.18. The smallest absolute Gasteiger partial charge is 0.293 e. The highest BCUT2D eigenvalue weighted by atomic mass is 32.2. The normalized spacial score (nSPS) is 17.3. The van der Waals surface area contributed by atoms with Gasteiger partial charge in [0, 0.05) is 0 Å². The highest BCUT2D eigenvalue weighted by Crippen LogP contribution is 2.31. The van der Waals surface area contributed by atoms with Gasteiger partial charge in [-0.3, -0.25) is 14.5 Å². The van der Waals surface area contributed by atoms with Crippen molar-refractivity contribution in [1.29, 1.82) is 0 Å². The van der Waals surface area contributed by atoms with Crippen molar-refractivity contribution < 1.29 is 23.9 Å². The molecule has 2 rings (SSSR count). The first-order valence-corrected chi connectivity index (χ1v) is 6.00. The number of nitrogens with zero attached hydrogens (tertiary/aromatic N) is 1. The van der Waals surface area contributed by atoms with Gasteiger partial charge in [0.1, 0.15) is 5.82 Å². The van der Waals surface area contributed by atoms with Gasteiger partial charge in [-0.1, -0.05) is 12.1 Å². The number of rotatable bonds is 3. The van der Waals surface area contributed by atoms with Crippen LogP contribution in [0.25, 0.3) is 6.08 Å². The number of carboxylic acid groups (broad SMARTS) is 1. The Labute approximate surface area is 111 Å². The Morgan fingerprint density at radius 1 is 1.32 bits per heavy atom. The molecule has 1 aromatic rings.